The van der Waals surface area contributed by atoms with E-state index in [9.17, 15) is 0 Å². The van der Waals surface area contributed by atoms with Crippen LogP contribution in [0.3, 0.4) is 0 Å². The van der Waals surface area contributed by atoms with Gasteiger partial charge in [0.2, 0.25) is 0 Å². The predicted molar refractivity (Wildman–Crippen MR) is 36.6 cm³/mol. The van der Waals surface area contributed by atoms with E-state index in [1.165, 1.54) is 12.1 Å². The molecule has 0 unspecified atom stereocenters. The smallest absolute Gasteiger partial charge is 0.157 e. The van der Waals surface area contributed by atoms with Gasteiger partial charge >= 0.3 is 0 Å². The highest BCUT2D eigenvalue weighted by Gasteiger charge is 1.97. The monoisotopic (exact) mass is 138 g/mol. The predicted octanol–water partition coefficient (Wildman–Crippen LogP) is 0.881. The van der Waals surface area contributed by atoms with Gasteiger partial charge in [-0.2, -0.15) is 0 Å². The Morgan fingerprint density at radius 1 is 1.20 bits per heavy atom. The van der Waals surface area contributed by atoms with E-state index in [1.54, 1.807) is 6.07 Å². The number of nitrogens with one attached hydrogen (secondary N) is 1. The minimum Gasteiger partial charge on any atom is -0.504 e. The van der Waals surface area contributed by atoms with Crippen LogP contribution in [0.1, 0.15) is 5.56 Å². The second kappa shape index (κ2) is 2.58. The lowest BCUT2D eigenvalue weighted by Crippen LogP contribution is -1.82. The van der Waals surface area contributed by atoms with Gasteiger partial charge in [-0.05, 0) is 17.7 Å². The topological polar surface area (TPSA) is 64.3 Å². The Kier molecular flexibility index (Phi) is 1.78. The second-order valence-electron chi connectivity index (χ2n) is 2.00. The van der Waals surface area contributed by atoms with E-state index in [0.29, 0.717) is 5.56 Å². The molecular formula is C7H8NO2. The molecule has 1 radical (unpaired) electrons. The molecule has 0 aromatic heterocycles. The lowest BCUT2D eigenvalue weighted by Gasteiger charge is -1.98. The van der Waals surface area contributed by atoms with E-state index in [2.05, 4.69) is 0 Å². The molecule has 0 heterocycles. The first kappa shape index (κ1) is 6.89. The van der Waals surface area contributed by atoms with Crippen LogP contribution in [0.5, 0.6) is 11.5 Å². The molecule has 53 valence electrons. The molecule has 0 aliphatic heterocycles. The zero-order valence-corrected chi connectivity index (χ0v) is 5.33. The number of aromatic hydroxyl groups is 2. The van der Waals surface area contributed by atoms with Gasteiger partial charge in [-0.15, -0.1) is 0 Å². The van der Waals surface area contributed by atoms with Crippen LogP contribution in [0.15, 0.2) is 18.2 Å². The van der Waals surface area contributed by atoms with E-state index in [-0.39, 0.29) is 18.0 Å². The Bertz CT molecular complexity index is 235. The maximum atomic E-state index is 8.90. The molecule has 1 aromatic carbocycles. The molecule has 3 heteroatoms. The van der Waals surface area contributed by atoms with Crippen LogP contribution >= 0.6 is 0 Å². The third kappa shape index (κ3) is 1.19. The first-order valence-corrected chi connectivity index (χ1v) is 2.89. The van der Waals surface area contributed by atoms with Gasteiger partial charge in [0.15, 0.2) is 11.5 Å². The van der Waals surface area contributed by atoms with Crippen molar-refractivity contribution < 1.29 is 10.2 Å². The standard InChI is InChI=1S/C7H8NO2/c8-4-5-1-2-6(9)7(10)3-5/h1-3,8-10H,4H2. The summed E-state index contributed by atoms with van der Waals surface area (Å²) in [7, 11) is 0. The Labute approximate surface area is 58.7 Å². The van der Waals surface area contributed by atoms with E-state index >= 15 is 0 Å². The zero-order chi connectivity index (χ0) is 7.56. The molecule has 0 spiro atoms. The molecule has 0 amide bonds. The number of phenolic OH excluding ortho intramolecular Hbond substituents is 2. The van der Waals surface area contributed by atoms with E-state index in [0.717, 1.165) is 0 Å². The number of phenols is 2. The van der Waals surface area contributed by atoms with Crippen molar-refractivity contribution in [1.29, 1.82) is 0 Å². The fourth-order valence-electron chi connectivity index (χ4n) is 0.679. The van der Waals surface area contributed by atoms with Crippen LogP contribution in [0, 0.1) is 0 Å². The van der Waals surface area contributed by atoms with Gasteiger partial charge in [-0.1, -0.05) is 6.07 Å². The lowest BCUT2D eigenvalue weighted by molar-refractivity contribution is 0.403. The Hall–Kier alpha value is -1.22. The van der Waals surface area contributed by atoms with Crippen LogP contribution in [0.4, 0.5) is 0 Å². The molecule has 10 heavy (non-hydrogen) atoms. The van der Waals surface area contributed by atoms with Crippen molar-refractivity contribution in [2.24, 2.45) is 0 Å². The highest BCUT2D eigenvalue weighted by molar-refractivity contribution is 5.40. The fraction of sp³-hybridized carbons (Fsp3) is 0.143. The maximum absolute atomic E-state index is 8.90. The first-order valence-electron chi connectivity index (χ1n) is 2.89. The summed E-state index contributed by atoms with van der Waals surface area (Å²) in [5, 5.41) is 17.7. The molecule has 0 saturated carbocycles. The molecule has 0 atom stereocenters. The average Bonchev–Trinajstić information content (AvgIpc) is 1.95. The molecule has 1 rings (SSSR count). The number of hydrogen-bond donors (Lipinski definition) is 2. The Morgan fingerprint density at radius 3 is 2.40 bits per heavy atom. The molecule has 0 saturated heterocycles. The summed E-state index contributed by atoms with van der Waals surface area (Å²) in [6.07, 6.45) is 0. The van der Waals surface area contributed by atoms with Gasteiger partial charge in [0, 0.05) is 6.54 Å². The largest absolute Gasteiger partial charge is 0.504 e. The average molecular weight is 138 g/mol. The molecule has 1 aromatic rings. The van der Waals surface area contributed by atoms with Crippen LogP contribution in [0.2, 0.25) is 0 Å². The van der Waals surface area contributed by atoms with Crippen molar-refractivity contribution >= 4 is 0 Å². The van der Waals surface area contributed by atoms with Crippen molar-refractivity contribution in [2.45, 2.75) is 6.54 Å². The van der Waals surface area contributed by atoms with Gasteiger partial charge in [-0.3, -0.25) is 5.73 Å². The summed E-state index contributed by atoms with van der Waals surface area (Å²) in [5.41, 5.74) is 7.61. The lowest BCUT2D eigenvalue weighted by atomic mass is 10.2. The molecule has 0 aliphatic rings. The van der Waals surface area contributed by atoms with Gasteiger partial charge < -0.3 is 10.2 Å². The normalized spacial score (nSPS) is 9.70. The summed E-state index contributed by atoms with van der Waals surface area (Å²) in [5.74, 6) is -0.304. The maximum Gasteiger partial charge on any atom is 0.157 e. The van der Waals surface area contributed by atoms with E-state index in [1.807, 2.05) is 0 Å². The first-order chi connectivity index (χ1) is 4.74. The molecule has 0 aliphatic carbocycles. The second-order valence-corrected chi connectivity index (χ2v) is 2.00. The van der Waals surface area contributed by atoms with Crippen molar-refractivity contribution in [1.82, 2.24) is 5.73 Å². The van der Waals surface area contributed by atoms with E-state index < -0.39 is 0 Å². The SMILES string of the molecule is [NH]Cc1ccc(O)c(O)c1. The summed E-state index contributed by atoms with van der Waals surface area (Å²) in [6.45, 7) is 0.119. The third-order valence-electron chi connectivity index (χ3n) is 1.24. The van der Waals surface area contributed by atoms with Crippen molar-refractivity contribution in [3.63, 3.8) is 0 Å². The van der Waals surface area contributed by atoms with Crippen LogP contribution in [0.25, 0.3) is 0 Å². The summed E-state index contributed by atoms with van der Waals surface area (Å²) < 4.78 is 0. The van der Waals surface area contributed by atoms with Crippen molar-refractivity contribution in [2.75, 3.05) is 0 Å². The van der Waals surface area contributed by atoms with Gasteiger partial charge in [0.1, 0.15) is 0 Å². The number of benzene rings is 1. The van der Waals surface area contributed by atoms with Gasteiger partial charge in [0.05, 0.1) is 0 Å². The van der Waals surface area contributed by atoms with E-state index in [4.69, 9.17) is 15.9 Å². The van der Waals surface area contributed by atoms with Crippen molar-refractivity contribution in [3.8, 4) is 11.5 Å². The highest BCUT2D eigenvalue weighted by Crippen LogP contribution is 2.24. The number of rotatable bonds is 1. The summed E-state index contributed by atoms with van der Waals surface area (Å²) >= 11 is 0. The minimum atomic E-state index is -0.162. The van der Waals surface area contributed by atoms with Crippen LogP contribution in [-0.2, 0) is 6.54 Å². The molecule has 3 N–H and O–H groups in total. The Balaban J connectivity index is 3.04. The Morgan fingerprint density at radius 2 is 1.90 bits per heavy atom. The van der Waals surface area contributed by atoms with Crippen molar-refractivity contribution in [3.05, 3.63) is 23.8 Å². The minimum absolute atomic E-state index is 0.119. The molecule has 0 fully saturated rings. The molecule has 3 nitrogen and oxygen atoms in total. The number of hydrogen-bond acceptors (Lipinski definition) is 2. The van der Waals surface area contributed by atoms with Gasteiger partial charge in [0.25, 0.3) is 0 Å². The third-order valence-corrected chi connectivity index (χ3v) is 1.24. The summed E-state index contributed by atoms with van der Waals surface area (Å²) in [6, 6.07) is 4.35. The quantitative estimate of drug-likeness (QED) is 0.566. The zero-order valence-electron chi connectivity index (χ0n) is 5.33. The molecular weight excluding hydrogens is 130 g/mol. The van der Waals surface area contributed by atoms with Crippen LogP contribution in [-0.4, -0.2) is 10.2 Å². The fourth-order valence-corrected chi connectivity index (χ4v) is 0.679. The van der Waals surface area contributed by atoms with Crippen LogP contribution < -0.4 is 5.73 Å². The van der Waals surface area contributed by atoms with Gasteiger partial charge in [-0.25, -0.2) is 0 Å². The molecule has 0 bridgehead atoms. The highest BCUT2D eigenvalue weighted by atomic mass is 16.3. The summed E-state index contributed by atoms with van der Waals surface area (Å²) in [4.78, 5) is 0.